The average molecular weight is 1170 g/mol. The first-order valence-electron chi connectivity index (χ1n) is 29.9. The van der Waals surface area contributed by atoms with Crippen molar-refractivity contribution in [1.82, 2.24) is 5.32 Å². The van der Waals surface area contributed by atoms with Crippen LogP contribution < -0.4 is 5.32 Å². The minimum Gasteiger partial charge on any atom is -0.394 e. The molecule has 0 aliphatic carbocycles. The Morgan fingerprint density at radius 1 is 0.446 bits per heavy atom. The molecule has 1 amide bonds. The van der Waals surface area contributed by atoms with Crippen LogP contribution in [0.5, 0.6) is 0 Å². The largest absolute Gasteiger partial charge is 0.394 e. The number of nitrogens with one attached hydrogen (secondary N) is 1. The molecule has 3 aliphatic heterocycles. The number of rotatable bonds is 41. The van der Waals surface area contributed by atoms with Crippen molar-refractivity contribution >= 4 is 5.91 Å². The van der Waals surface area contributed by atoms with E-state index in [0.29, 0.717) is 12.8 Å². The van der Waals surface area contributed by atoms with Crippen molar-refractivity contribution < 1.29 is 89.4 Å². The van der Waals surface area contributed by atoms with Crippen molar-refractivity contribution in [2.75, 3.05) is 26.4 Å². The monoisotopic (exact) mass is 1170 g/mol. The van der Waals surface area contributed by atoms with Crippen LogP contribution in [0.3, 0.4) is 0 Å². The van der Waals surface area contributed by atoms with Gasteiger partial charge in [0.2, 0.25) is 5.91 Å². The minimum atomic E-state index is -1.99. The second-order valence-electron chi connectivity index (χ2n) is 20.7. The number of amides is 1. The Morgan fingerprint density at radius 3 is 1.29 bits per heavy atom. The minimum absolute atomic E-state index is 0.166. The molecule has 0 aromatic heterocycles. The van der Waals surface area contributed by atoms with Crippen molar-refractivity contribution in [3.63, 3.8) is 0 Å². The fraction of sp³-hybridized carbons (Fsp3) is 0.641. The summed E-state index contributed by atoms with van der Waals surface area (Å²) in [4.78, 5) is 13.3. The lowest BCUT2D eigenvalue weighted by Gasteiger charge is -2.48. The number of allylic oxidation sites excluding steroid dienone is 21. The molecule has 3 heterocycles. The molecule has 0 aromatic carbocycles. The highest BCUT2D eigenvalue weighted by molar-refractivity contribution is 5.76. The fourth-order valence-corrected chi connectivity index (χ4v) is 9.01. The molecule has 0 bridgehead atoms. The molecule has 3 saturated heterocycles. The molecular weight excluding hydrogens is 1070 g/mol. The summed E-state index contributed by atoms with van der Waals surface area (Å²) in [6.07, 6.45) is 34.5. The topological polar surface area (TPSA) is 307 Å². The van der Waals surface area contributed by atoms with Crippen LogP contribution in [0.1, 0.15) is 129 Å². The summed E-state index contributed by atoms with van der Waals surface area (Å²) in [5.41, 5.74) is 0. The number of hydrogen-bond donors (Lipinski definition) is 12. The molecule has 12 N–H and O–H groups in total. The van der Waals surface area contributed by atoms with Gasteiger partial charge in [0.05, 0.1) is 38.6 Å². The van der Waals surface area contributed by atoms with Crippen molar-refractivity contribution in [2.24, 2.45) is 0 Å². The van der Waals surface area contributed by atoms with Gasteiger partial charge in [0.1, 0.15) is 73.2 Å². The second-order valence-corrected chi connectivity index (χ2v) is 20.7. The van der Waals surface area contributed by atoms with Gasteiger partial charge in [-0.25, -0.2) is 0 Å². The summed E-state index contributed by atoms with van der Waals surface area (Å²) in [5, 5.41) is 120. The highest BCUT2D eigenvalue weighted by atomic mass is 16.8. The Labute approximate surface area is 492 Å². The molecule has 19 nitrogen and oxygen atoms in total. The SMILES string of the molecule is CC/C=C\C/C=C\C/C=C\C/C=C\C/C=C\C/C=C\C/C=C\C/C=C\CCCCC(=O)NC(COC1OC(CO)C(OC2OC(CO)C(OC3OC(CO)C(O)C(O)C3O)C(O)C2O)C(O)C1O)C(O)/C=C/CC/C=C/CC/C=C/CCC. The van der Waals surface area contributed by atoms with E-state index in [4.69, 9.17) is 28.4 Å². The van der Waals surface area contributed by atoms with Crippen molar-refractivity contribution in [1.29, 1.82) is 0 Å². The number of unbranched alkanes of at least 4 members (excludes halogenated alkanes) is 5. The van der Waals surface area contributed by atoms with Crippen molar-refractivity contribution in [3.8, 4) is 0 Å². The van der Waals surface area contributed by atoms with E-state index in [-0.39, 0.29) is 12.3 Å². The normalized spacial score (nSPS) is 30.3. The fourth-order valence-electron chi connectivity index (χ4n) is 9.01. The molecule has 0 radical (unpaired) electrons. The highest BCUT2D eigenvalue weighted by Crippen LogP contribution is 2.33. The lowest BCUT2D eigenvalue weighted by atomic mass is 9.96. The van der Waals surface area contributed by atoms with Gasteiger partial charge in [-0.05, 0) is 103 Å². The molecular formula is C64H101NO18. The predicted octanol–water partition coefficient (Wildman–Crippen LogP) is 5.48. The Morgan fingerprint density at radius 2 is 0.831 bits per heavy atom. The molecule has 3 rings (SSSR count). The number of carbonyl (C=O) groups excluding carboxylic acids is 1. The molecule has 0 spiro atoms. The molecule has 19 heteroatoms. The Kier molecular flexibility index (Phi) is 39.9. The molecule has 470 valence electrons. The first-order chi connectivity index (χ1) is 40.3. The maximum absolute atomic E-state index is 13.3. The van der Waals surface area contributed by atoms with E-state index in [9.17, 15) is 61.0 Å². The zero-order valence-corrected chi connectivity index (χ0v) is 48.9. The quantitative estimate of drug-likeness (QED) is 0.0267. The first kappa shape index (κ1) is 73.2. The van der Waals surface area contributed by atoms with Crippen LogP contribution >= 0.6 is 0 Å². The first-order valence-corrected chi connectivity index (χ1v) is 29.9. The number of aliphatic hydroxyl groups excluding tert-OH is 11. The smallest absolute Gasteiger partial charge is 0.220 e. The van der Waals surface area contributed by atoms with Crippen LogP contribution in [-0.2, 0) is 33.2 Å². The van der Waals surface area contributed by atoms with Gasteiger partial charge in [-0.15, -0.1) is 0 Å². The molecule has 0 aromatic rings. The summed E-state index contributed by atoms with van der Waals surface area (Å²) in [6.45, 7) is 1.42. The number of ether oxygens (including phenoxy) is 6. The van der Waals surface area contributed by atoms with Crippen molar-refractivity contribution in [3.05, 3.63) is 134 Å². The zero-order chi connectivity index (χ0) is 60.5. The molecule has 83 heavy (non-hydrogen) atoms. The van der Waals surface area contributed by atoms with E-state index in [0.717, 1.165) is 96.3 Å². The summed E-state index contributed by atoms with van der Waals surface area (Å²) in [5.74, 6) is -0.342. The number of aliphatic hydroxyl groups is 11. The second kappa shape index (κ2) is 45.3. The van der Waals surface area contributed by atoms with E-state index in [2.05, 4.69) is 141 Å². The van der Waals surface area contributed by atoms with E-state index in [1.807, 2.05) is 0 Å². The van der Waals surface area contributed by atoms with E-state index in [1.54, 1.807) is 12.2 Å². The third-order valence-electron chi connectivity index (χ3n) is 13.9. The van der Waals surface area contributed by atoms with Gasteiger partial charge in [0.15, 0.2) is 18.9 Å². The summed E-state index contributed by atoms with van der Waals surface area (Å²) in [6, 6.07) is -1.03. The summed E-state index contributed by atoms with van der Waals surface area (Å²) < 4.78 is 34.1. The van der Waals surface area contributed by atoms with Crippen LogP contribution in [-0.4, -0.2) is 193 Å². The van der Waals surface area contributed by atoms with Crippen LogP contribution in [0.25, 0.3) is 0 Å². The highest BCUT2D eigenvalue weighted by Gasteiger charge is 2.53. The average Bonchev–Trinajstić information content (AvgIpc) is 3.62. The van der Waals surface area contributed by atoms with Gasteiger partial charge >= 0.3 is 0 Å². The van der Waals surface area contributed by atoms with Crippen molar-refractivity contribution in [2.45, 2.75) is 234 Å². The number of carbonyl (C=O) groups is 1. The van der Waals surface area contributed by atoms with Gasteiger partial charge in [-0.3, -0.25) is 4.79 Å². The summed E-state index contributed by atoms with van der Waals surface area (Å²) >= 11 is 0. The third kappa shape index (κ3) is 28.8. The Balaban J connectivity index is 1.48. The molecule has 17 atom stereocenters. The van der Waals surface area contributed by atoms with E-state index in [1.165, 1.54) is 0 Å². The Hall–Kier alpha value is -4.07. The Bertz CT molecular complexity index is 2030. The van der Waals surface area contributed by atoms with Crippen LogP contribution in [0.2, 0.25) is 0 Å². The van der Waals surface area contributed by atoms with Gasteiger partial charge in [-0.1, -0.05) is 154 Å². The zero-order valence-electron chi connectivity index (χ0n) is 48.9. The standard InChI is InChI=1S/C64H101NO18/c1-3-5-7-9-11-13-15-16-17-18-19-20-21-22-23-24-25-26-27-28-29-30-32-34-36-38-40-42-52(70)65-47(48(69)41-39-37-35-33-31-14-12-10-8-6-4-2)46-78-62-58(76)55(73)60(50(44-67)80-62)83-64-59(77)56(74)61(51(45-68)81-64)82-63-57(75)54(72)53(71)49(43-66)79-63/h5,7-8,10-11,13,16-17,19-20,22-23,25-26,28-29,31-34,39,41,47-51,53-64,66-69,71-77H,3-4,6,9,12,14-15,18,21,24,27,30,35-38,40,42-46H2,1-2H3,(H,65,70)/b7-5-,10-8+,13-11-,17-16-,20-19-,23-22-,26-25-,29-28-,33-31+,34-32-,41-39+. The lowest BCUT2D eigenvalue weighted by molar-refractivity contribution is -0.379. The lowest BCUT2D eigenvalue weighted by Crippen LogP contribution is -2.66. The van der Waals surface area contributed by atoms with Gasteiger partial charge in [-0.2, -0.15) is 0 Å². The molecule has 17 unspecified atom stereocenters. The van der Waals surface area contributed by atoms with Gasteiger partial charge in [0, 0.05) is 6.42 Å². The van der Waals surface area contributed by atoms with E-state index >= 15 is 0 Å². The third-order valence-corrected chi connectivity index (χ3v) is 13.9. The maximum atomic E-state index is 13.3. The maximum Gasteiger partial charge on any atom is 0.220 e. The van der Waals surface area contributed by atoms with Crippen LogP contribution in [0.4, 0.5) is 0 Å². The van der Waals surface area contributed by atoms with Crippen LogP contribution in [0.15, 0.2) is 134 Å². The molecule has 0 saturated carbocycles. The summed E-state index contributed by atoms with van der Waals surface area (Å²) in [7, 11) is 0. The van der Waals surface area contributed by atoms with E-state index < -0.39 is 131 Å². The molecule has 3 aliphatic rings. The van der Waals surface area contributed by atoms with Gasteiger partial charge in [0.25, 0.3) is 0 Å². The predicted molar refractivity (Wildman–Crippen MR) is 318 cm³/mol. The van der Waals surface area contributed by atoms with Gasteiger partial charge < -0.3 is 89.9 Å². The molecule has 3 fully saturated rings. The number of hydrogen-bond acceptors (Lipinski definition) is 18. The van der Waals surface area contributed by atoms with Crippen LogP contribution in [0, 0.1) is 0 Å².